The summed E-state index contributed by atoms with van der Waals surface area (Å²) in [4.78, 5) is 2.48. The van der Waals surface area contributed by atoms with Crippen molar-refractivity contribution >= 4 is 24.8 Å². The number of nitrogens with one attached hydrogen (secondary N) is 1. The number of benzene rings is 1. The van der Waals surface area contributed by atoms with Crippen LogP contribution in [-0.4, -0.2) is 31.1 Å². The molecule has 1 fully saturated rings. The summed E-state index contributed by atoms with van der Waals surface area (Å²) in [6, 6.07) is 6.07. The lowest BCUT2D eigenvalue weighted by atomic mass is 9.98. The molecule has 0 aromatic heterocycles. The Balaban J connectivity index is 0.00000180. The fourth-order valence-electron chi connectivity index (χ4n) is 2.64. The highest BCUT2D eigenvalue weighted by Gasteiger charge is 2.21. The molecule has 0 spiro atoms. The molecule has 1 heterocycles. The van der Waals surface area contributed by atoms with Crippen LogP contribution in [0.5, 0.6) is 0 Å². The lowest BCUT2D eigenvalue weighted by Crippen LogP contribution is -2.45. The van der Waals surface area contributed by atoms with Gasteiger partial charge in [0.15, 0.2) is 0 Å². The fourth-order valence-corrected chi connectivity index (χ4v) is 2.64. The van der Waals surface area contributed by atoms with Gasteiger partial charge in [0.25, 0.3) is 0 Å². The molecule has 1 aliphatic heterocycles. The summed E-state index contributed by atoms with van der Waals surface area (Å²) in [5, 5.41) is 3.37. The standard InChI is InChI=1S/C15H23FN2.2ClH/c1-3-4-15(18-9-7-17-8-10-18)13-6-5-12(2)14(16)11-13;;/h5-6,11,15,17H,3-4,7-10H2,1-2H3;2*1H/t15-;;/m0../s1. The van der Waals surface area contributed by atoms with Gasteiger partial charge in [-0.2, -0.15) is 0 Å². The summed E-state index contributed by atoms with van der Waals surface area (Å²) in [5.74, 6) is -0.0799. The van der Waals surface area contributed by atoms with Crippen molar-refractivity contribution in [2.24, 2.45) is 0 Å². The van der Waals surface area contributed by atoms with Crippen molar-refractivity contribution in [3.63, 3.8) is 0 Å². The molecular formula is C15H25Cl2FN2. The van der Waals surface area contributed by atoms with Gasteiger partial charge in [0.2, 0.25) is 0 Å². The molecule has 2 rings (SSSR count). The van der Waals surface area contributed by atoms with E-state index in [2.05, 4.69) is 23.2 Å². The first-order valence-electron chi connectivity index (χ1n) is 6.93. The molecule has 1 atom stereocenters. The minimum atomic E-state index is -0.0799. The van der Waals surface area contributed by atoms with E-state index in [9.17, 15) is 4.39 Å². The summed E-state index contributed by atoms with van der Waals surface area (Å²) in [6.45, 7) is 8.20. The van der Waals surface area contributed by atoms with Crippen LogP contribution in [0.1, 0.15) is 36.9 Å². The van der Waals surface area contributed by atoms with Gasteiger partial charge in [-0.25, -0.2) is 4.39 Å². The van der Waals surface area contributed by atoms with Crippen LogP contribution in [0.25, 0.3) is 0 Å². The highest BCUT2D eigenvalue weighted by atomic mass is 35.5. The fraction of sp³-hybridized carbons (Fsp3) is 0.600. The van der Waals surface area contributed by atoms with Gasteiger partial charge in [-0.1, -0.05) is 25.5 Å². The smallest absolute Gasteiger partial charge is 0.126 e. The van der Waals surface area contributed by atoms with E-state index in [4.69, 9.17) is 0 Å². The van der Waals surface area contributed by atoms with Crippen LogP contribution in [0.2, 0.25) is 0 Å². The third kappa shape index (κ3) is 4.88. The summed E-state index contributed by atoms with van der Waals surface area (Å²) in [6.07, 6.45) is 2.23. The summed E-state index contributed by atoms with van der Waals surface area (Å²) in [5.41, 5.74) is 1.86. The topological polar surface area (TPSA) is 15.3 Å². The van der Waals surface area contributed by atoms with E-state index in [1.54, 1.807) is 6.07 Å². The van der Waals surface area contributed by atoms with E-state index in [-0.39, 0.29) is 30.6 Å². The predicted octanol–water partition coefficient (Wildman–Crippen LogP) is 3.72. The van der Waals surface area contributed by atoms with Gasteiger partial charge >= 0.3 is 0 Å². The Morgan fingerprint density at radius 3 is 2.45 bits per heavy atom. The van der Waals surface area contributed by atoms with Crippen molar-refractivity contribution in [3.8, 4) is 0 Å². The second-order valence-corrected chi connectivity index (χ2v) is 5.10. The normalized spacial score (nSPS) is 16.9. The van der Waals surface area contributed by atoms with Gasteiger partial charge in [-0.15, -0.1) is 24.8 Å². The molecule has 5 heteroatoms. The number of halogens is 3. The highest BCUT2D eigenvalue weighted by Crippen LogP contribution is 2.27. The number of aryl methyl sites for hydroxylation is 1. The van der Waals surface area contributed by atoms with Crippen LogP contribution in [0.15, 0.2) is 18.2 Å². The van der Waals surface area contributed by atoms with Crippen molar-refractivity contribution in [3.05, 3.63) is 35.1 Å². The highest BCUT2D eigenvalue weighted by molar-refractivity contribution is 5.85. The Bertz CT molecular complexity index is 395. The first kappa shape index (κ1) is 19.7. The van der Waals surface area contributed by atoms with Crippen molar-refractivity contribution < 1.29 is 4.39 Å². The molecule has 0 aliphatic carbocycles. The third-order valence-corrected chi connectivity index (χ3v) is 3.74. The zero-order chi connectivity index (χ0) is 13.0. The van der Waals surface area contributed by atoms with Gasteiger partial charge in [-0.05, 0) is 30.5 Å². The van der Waals surface area contributed by atoms with Crippen LogP contribution < -0.4 is 5.32 Å². The lowest BCUT2D eigenvalue weighted by Gasteiger charge is -2.35. The average molecular weight is 323 g/mol. The van der Waals surface area contributed by atoms with Crippen LogP contribution in [0.4, 0.5) is 4.39 Å². The van der Waals surface area contributed by atoms with E-state index in [1.807, 2.05) is 13.0 Å². The van der Waals surface area contributed by atoms with Crippen molar-refractivity contribution in [2.75, 3.05) is 26.2 Å². The Labute approximate surface area is 133 Å². The molecule has 0 saturated carbocycles. The molecule has 0 radical (unpaired) electrons. The number of hydrogen-bond acceptors (Lipinski definition) is 2. The molecule has 116 valence electrons. The Morgan fingerprint density at radius 1 is 1.25 bits per heavy atom. The second-order valence-electron chi connectivity index (χ2n) is 5.10. The molecule has 1 N–H and O–H groups in total. The number of rotatable bonds is 4. The largest absolute Gasteiger partial charge is 0.314 e. The average Bonchev–Trinajstić information content (AvgIpc) is 2.40. The Morgan fingerprint density at radius 2 is 1.90 bits per heavy atom. The minimum absolute atomic E-state index is 0. The van der Waals surface area contributed by atoms with Crippen LogP contribution in [0, 0.1) is 12.7 Å². The first-order valence-corrected chi connectivity index (χ1v) is 6.93. The maximum atomic E-state index is 13.7. The van der Waals surface area contributed by atoms with E-state index < -0.39 is 0 Å². The van der Waals surface area contributed by atoms with E-state index in [0.717, 1.165) is 50.1 Å². The van der Waals surface area contributed by atoms with Crippen molar-refractivity contribution in [1.29, 1.82) is 0 Å². The molecule has 2 nitrogen and oxygen atoms in total. The maximum Gasteiger partial charge on any atom is 0.126 e. The quantitative estimate of drug-likeness (QED) is 0.908. The number of hydrogen-bond donors (Lipinski definition) is 1. The van der Waals surface area contributed by atoms with Crippen molar-refractivity contribution in [2.45, 2.75) is 32.7 Å². The van der Waals surface area contributed by atoms with Crippen LogP contribution in [0.3, 0.4) is 0 Å². The molecule has 1 aliphatic rings. The summed E-state index contributed by atoms with van der Waals surface area (Å²) in [7, 11) is 0. The minimum Gasteiger partial charge on any atom is -0.314 e. The number of nitrogens with zero attached hydrogens (tertiary/aromatic N) is 1. The predicted molar refractivity (Wildman–Crippen MR) is 87.7 cm³/mol. The van der Waals surface area contributed by atoms with E-state index >= 15 is 0 Å². The maximum absolute atomic E-state index is 13.7. The Hall–Kier alpha value is -0.350. The molecular weight excluding hydrogens is 298 g/mol. The lowest BCUT2D eigenvalue weighted by molar-refractivity contribution is 0.164. The SMILES string of the molecule is CCC[C@@H](c1ccc(C)c(F)c1)N1CCNCC1.Cl.Cl. The van der Waals surface area contributed by atoms with Gasteiger partial charge in [0.05, 0.1) is 0 Å². The van der Waals surface area contributed by atoms with Crippen LogP contribution >= 0.6 is 24.8 Å². The molecule has 0 bridgehead atoms. The van der Waals surface area contributed by atoms with Crippen LogP contribution in [-0.2, 0) is 0 Å². The van der Waals surface area contributed by atoms with Gasteiger partial charge in [0.1, 0.15) is 5.82 Å². The Kier molecular flexibility index (Phi) is 9.39. The second kappa shape index (κ2) is 9.56. The van der Waals surface area contributed by atoms with Gasteiger partial charge < -0.3 is 5.32 Å². The number of piperazine rings is 1. The van der Waals surface area contributed by atoms with Gasteiger partial charge in [-0.3, -0.25) is 4.90 Å². The summed E-state index contributed by atoms with van der Waals surface area (Å²) >= 11 is 0. The molecule has 1 saturated heterocycles. The zero-order valence-corrected chi connectivity index (χ0v) is 13.8. The molecule has 20 heavy (non-hydrogen) atoms. The zero-order valence-electron chi connectivity index (χ0n) is 12.2. The third-order valence-electron chi connectivity index (χ3n) is 3.74. The molecule has 1 aromatic carbocycles. The van der Waals surface area contributed by atoms with Crippen molar-refractivity contribution in [1.82, 2.24) is 10.2 Å². The molecule has 0 amide bonds. The monoisotopic (exact) mass is 322 g/mol. The van der Waals surface area contributed by atoms with Gasteiger partial charge in [0, 0.05) is 32.2 Å². The van der Waals surface area contributed by atoms with E-state index in [1.165, 1.54) is 0 Å². The first-order chi connectivity index (χ1) is 8.72. The molecule has 0 unspecified atom stereocenters. The van der Waals surface area contributed by atoms with E-state index in [0.29, 0.717) is 6.04 Å². The molecule has 1 aromatic rings. The summed E-state index contributed by atoms with van der Waals surface area (Å²) < 4.78 is 13.7.